The summed E-state index contributed by atoms with van der Waals surface area (Å²) in [4.78, 5) is 14.8. The lowest BCUT2D eigenvalue weighted by Crippen LogP contribution is -1.97. The molecular formula is C41H27N3. The van der Waals surface area contributed by atoms with Gasteiger partial charge in [0.1, 0.15) is 0 Å². The average Bonchev–Trinajstić information content (AvgIpc) is 3.12. The molecule has 3 nitrogen and oxygen atoms in total. The van der Waals surface area contributed by atoms with Crippen LogP contribution in [-0.2, 0) is 0 Å². The van der Waals surface area contributed by atoms with E-state index in [9.17, 15) is 0 Å². The molecule has 0 aliphatic rings. The van der Waals surface area contributed by atoms with Crippen LogP contribution in [0.25, 0.3) is 77.7 Å². The van der Waals surface area contributed by atoms with Gasteiger partial charge in [-0.2, -0.15) is 0 Å². The van der Waals surface area contributed by atoms with E-state index in [0.717, 1.165) is 50.2 Å². The van der Waals surface area contributed by atoms with Crippen LogP contribution in [0.15, 0.2) is 164 Å². The van der Waals surface area contributed by atoms with Gasteiger partial charge in [-0.3, -0.25) is 4.98 Å². The Hall–Kier alpha value is -5.93. The first kappa shape index (κ1) is 25.8. The summed E-state index contributed by atoms with van der Waals surface area (Å²) in [5, 5.41) is 4.72. The van der Waals surface area contributed by atoms with E-state index in [4.69, 9.17) is 9.97 Å². The summed E-state index contributed by atoms with van der Waals surface area (Å²) in [6.07, 6.45) is 3.69. The highest BCUT2D eigenvalue weighted by Gasteiger charge is 2.15. The second-order valence-electron chi connectivity index (χ2n) is 10.9. The first-order valence-corrected chi connectivity index (χ1v) is 14.8. The van der Waals surface area contributed by atoms with E-state index in [1.54, 1.807) is 6.20 Å². The smallest absolute Gasteiger partial charge is 0.161 e. The molecule has 2 aromatic heterocycles. The second-order valence-corrected chi connectivity index (χ2v) is 10.9. The van der Waals surface area contributed by atoms with Gasteiger partial charge in [0.2, 0.25) is 0 Å². The molecule has 0 bridgehead atoms. The summed E-state index contributed by atoms with van der Waals surface area (Å²) in [5.74, 6) is 0.705. The molecule has 0 saturated heterocycles. The number of nitrogens with zero attached hydrogens (tertiary/aromatic N) is 3. The molecule has 0 N–H and O–H groups in total. The van der Waals surface area contributed by atoms with Crippen LogP contribution in [0.2, 0.25) is 0 Å². The summed E-state index contributed by atoms with van der Waals surface area (Å²) < 4.78 is 0. The van der Waals surface area contributed by atoms with E-state index >= 15 is 0 Å². The summed E-state index contributed by atoms with van der Waals surface area (Å²) in [6.45, 7) is 0. The fourth-order valence-electron chi connectivity index (χ4n) is 5.98. The third-order valence-corrected chi connectivity index (χ3v) is 8.15. The van der Waals surface area contributed by atoms with E-state index in [-0.39, 0.29) is 0 Å². The highest BCUT2D eigenvalue weighted by Crippen LogP contribution is 2.36. The third-order valence-electron chi connectivity index (χ3n) is 8.15. The minimum Gasteiger partial charge on any atom is -0.264 e. The molecule has 0 radical (unpaired) electrons. The van der Waals surface area contributed by atoms with Gasteiger partial charge in [-0.05, 0) is 68.6 Å². The lowest BCUT2D eigenvalue weighted by molar-refractivity contribution is 1.19. The standard InChI is InChI=1S/C41H27N3/c1-2-11-28(12-3-1)29-14-8-16-32(23-29)39-26-40(33-17-9-15-30(24-33)34-18-10-22-42-27-34)44-41(43-39)38-25-31-13-4-5-19-35(31)36-20-6-7-21-37(36)38/h1-27H. The minimum absolute atomic E-state index is 0.705. The first-order chi connectivity index (χ1) is 21.8. The van der Waals surface area contributed by atoms with Gasteiger partial charge in [0.25, 0.3) is 0 Å². The van der Waals surface area contributed by atoms with Crippen molar-refractivity contribution in [3.05, 3.63) is 164 Å². The van der Waals surface area contributed by atoms with Gasteiger partial charge < -0.3 is 0 Å². The number of rotatable bonds is 5. The minimum atomic E-state index is 0.705. The lowest BCUT2D eigenvalue weighted by atomic mass is 9.96. The van der Waals surface area contributed by atoms with E-state index in [1.807, 2.05) is 18.3 Å². The largest absolute Gasteiger partial charge is 0.264 e. The molecule has 3 heteroatoms. The van der Waals surface area contributed by atoms with Crippen molar-refractivity contribution in [2.75, 3.05) is 0 Å². The fraction of sp³-hybridized carbons (Fsp3) is 0. The maximum atomic E-state index is 5.25. The van der Waals surface area contributed by atoms with Crippen LogP contribution in [0.4, 0.5) is 0 Å². The maximum Gasteiger partial charge on any atom is 0.161 e. The van der Waals surface area contributed by atoms with Crippen molar-refractivity contribution in [2.24, 2.45) is 0 Å². The Bertz CT molecular complexity index is 2170. The molecule has 6 aromatic carbocycles. The summed E-state index contributed by atoms with van der Waals surface area (Å²) >= 11 is 0. The van der Waals surface area contributed by atoms with Gasteiger partial charge in [-0.1, -0.05) is 121 Å². The van der Waals surface area contributed by atoms with Crippen molar-refractivity contribution in [3.8, 4) is 56.2 Å². The molecule has 0 fully saturated rings. The maximum absolute atomic E-state index is 5.25. The van der Waals surface area contributed by atoms with Crippen LogP contribution >= 0.6 is 0 Å². The van der Waals surface area contributed by atoms with Crippen molar-refractivity contribution in [1.29, 1.82) is 0 Å². The molecule has 44 heavy (non-hydrogen) atoms. The van der Waals surface area contributed by atoms with Crippen LogP contribution < -0.4 is 0 Å². The zero-order valence-electron chi connectivity index (χ0n) is 23.9. The predicted octanol–water partition coefficient (Wildman–Crippen LogP) is 10.5. The second kappa shape index (κ2) is 11.0. The van der Waals surface area contributed by atoms with E-state index < -0.39 is 0 Å². The van der Waals surface area contributed by atoms with Crippen molar-refractivity contribution in [3.63, 3.8) is 0 Å². The Kier molecular flexibility index (Phi) is 6.47. The van der Waals surface area contributed by atoms with Gasteiger partial charge in [0.05, 0.1) is 11.4 Å². The van der Waals surface area contributed by atoms with Crippen molar-refractivity contribution >= 4 is 21.5 Å². The first-order valence-electron chi connectivity index (χ1n) is 14.8. The topological polar surface area (TPSA) is 38.7 Å². The molecule has 0 amide bonds. The van der Waals surface area contributed by atoms with Crippen molar-refractivity contribution in [1.82, 2.24) is 15.0 Å². The molecule has 8 aromatic rings. The van der Waals surface area contributed by atoms with E-state index in [1.165, 1.54) is 21.7 Å². The summed E-state index contributed by atoms with van der Waals surface area (Å²) in [5.41, 5.74) is 9.34. The van der Waals surface area contributed by atoms with Crippen molar-refractivity contribution in [2.45, 2.75) is 0 Å². The van der Waals surface area contributed by atoms with Crippen LogP contribution in [0, 0.1) is 0 Å². The van der Waals surface area contributed by atoms with Gasteiger partial charge in [0.15, 0.2) is 5.82 Å². The van der Waals surface area contributed by atoms with Crippen LogP contribution in [0.5, 0.6) is 0 Å². The van der Waals surface area contributed by atoms with E-state index in [2.05, 4.69) is 145 Å². The van der Waals surface area contributed by atoms with Gasteiger partial charge in [0, 0.05) is 34.6 Å². The van der Waals surface area contributed by atoms with Crippen LogP contribution in [0.1, 0.15) is 0 Å². The number of fused-ring (bicyclic) bond motifs is 3. The number of benzene rings is 6. The Morgan fingerprint density at radius 3 is 1.64 bits per heavy atom. The van der Waals surface area contributed by atoms with Crippen molar-refractivity contribution < 1.29 is 0 Å². The molecule has 0 aliphatic carbocycles. The summed E-state index contributed by atoms with van der Waals surface area (Å²) in [6, 6.07) is 53.0. The van der Waals surface area contributed by atoms with Crippen LogP contribution in [-0.4, -0.2) is 15.0 Å². The zero-order valence-corrected chi connectivity index (χ0v) is 23.9. The molecular weight excluding hydrogens is 534 g/mol. The Morgan fingerprint density at radius 2 is 0.932 bits per heavy atom. The monoisotopic (exact) mass is 561 g/mol. The molecule has 0 unspecified atom stereocenters. The average molecular weight is 562 g/mol. The number of hydrogen-bond donors (Lipinski definition) is 0. The Labute approximate surface area is 256 Å². The van der Waals surface area contributed by atoms with E-state index in [0.29, 0.717) is 5.82 Å². The Morgan fingerprint density at radius 1 is 0.364 bits per heavy atom. The van der Waals surface area contributed by atoms with Gasteiger partial charge in [-0.15, -0.1) is 0 Å². The molecule has 206 valence electrons. The SMILES string of the molecule is c1ccc(-c2cccc(-c3cc(-c4cccc(-c5cccnc5)c4)nc(-c4cc5ccccc5c5ccccc45)n3)c2)cc1. The van der Waals surface area contributed by atoms with Gasteiger partial charge in [-0.25, -0.2) is 9.97 Å². The molecule has 2 heterocycles. The zero-order chi connectivity index (χ0) is 29.3. The normalized spacial score (nSPS) is 11.2. The predicted molar refractivity (Wildman–Crippen MR) is 182 cm³/mol. The number of hydrogen-bond acceptors (Lipinski definition) is 3. The molecule has 0 saturated carbocycles. The Balaban J connectivity index is 1.36. The number of pyridine rings is 1. The molecule has 8 rings (SSSR count). The number of aromatic nitrogens is 3. The molecule has 0 spiro atoms. The highest BCUT2D eigenvalue weighted by molar-refractivity contribution is 6.13. The molecule has 0 atom stereocenters. The fourth-order valence-corrected chi connectivity index (χ4v) is 5.98. The van der Waals surface area contributed by atoms with Crippen LogP contribution in [0.3, 0.4) is 0 Å². The third kappa shape index (κ3) is 4.81. The summed E-state index contributed by atoms with van der Waals surface area (Å²) in [7, 11) is 0. The lowest BCUT2D eigenvalue weighted by Gasteiger charge is -2.14. The quantitative estimate of drug-likeness (QED) is 0.196. The van der Waals surface area contributed by atoms with Gasteiger partial charge >= 0.3 is 0 Å². The molecule has 0 aliphatic heterocycles. The highest BCUT2D eigenvalue weighted by atomic mass is 14.9.